The summed E-state index contributed by atoms with van der Waals surface area (Å²) in [6.07, 6.45) is 0.163. The van der Waals surface area contributed by atoms with Crippen LogP contribution in [0.3, 0.4) is 0 Å². The van der Waals surface area contributed by atoms with E-state index in [1.807, 2.05) is 42.5 Å². The zero-order valence-corrected chi connectivity index (χ0v) is 14.5. The molecule has 0 spiro atoms. The van der Waals surface area contributed by atoms with Gasteiger partial charge in [-0.1, -0.05) is 54.6 Å². The molecule has 6 nitrogen and oxygen atoms in total. The van der Waals surface area contributed by atoms with Crippen LogP contribution in [0, 0.1) is 0 Å². The summed E-state index contributed by atoms with van der Waals surface area (Å²) in [4.78, 5) is 12.4. The molecule has 26 heavy (non-hydrogen) atoms. The molecule has 0 atom stereocenters. The minimum Gasteiger partial charge on any atom is -0.281 e. The van der Waals surface area contributed by atoms with E-state index in [0.29, 0.717) is 5.56 Å². The first kappa shape index (κ1) is 16.3. The maximum Gasteiger partial charge on any atom is 0.285 e. The summed E-state index contributed by atoms with van der Waals surface area (Å²) in [6.45, 7) is 0. The van der Waals surface area contributed by atoms with Crippen LogP contribution in [0.2, 0.25) is 0 Å². The number of hydrogen-bond acceptors (Lipinski definition) is 4. The molecule has 130 valence electrons. The number of nitrogens with one attached hydrogen (secondary N) is 2. The maximum absolute atomic E-state index is 12.3. The highest BCUT2D eigenvalue weighted by atomic mass is 32.2. The van der Waals surface area contributed by atoms with Gasteiger partial charge in [-0.25, -0.2) is 0 Å². The van der Waals surface area contributed by atoms with Crippen LogP contribution in [0.25, 0.3) is 10.8 Å². The molecule has 0 radical (unpaired) electrons. The van der Waals surface area contributed by atoms with Crippen molar-refractivity contribution in [1.82, 2.24) is 10.9 Å². The van der Waals surface area contributed by atoms with Gasteiger partial charge in [-0.3, -0.25) is 15.6 Å². The normalized spacial score (nSPS) is 14.5. The number of nitrogens with zero attached hydrogens (tertiary/aromatic N) is 1. The predicted molar refractivity (Wildman–Crippen MR) is 99.1 cm³/mol. The van der Waals surface area contributed by atoms with Crippen LogP contribution < -0.4 is 10.9 Å². The van der Waals surface area contributed by atoms with Gasteiger partial charge >= 0.3 is 0 Å². The van der Waals surface area contributed by atoms with Crippen LogP contribution in [-0.2, 0) is 21.2 Å². The number of benzene rings is 3. The van der Waals surface area contributed by atoms with Crippen LogP contribution >= 0.6 is 0 Å². The van der Waals surface area contributed by atoms with Gasteiger partial charge in [0.15, 0.2) is 5.84 Å². The van der Waals surface area contributed by atoms with Crippen LogP contribution in [0.15, 0.2) is 76.0 Å². The Bertz CT molecular complexity index is 1150. The number of fused-ring (bicyclic) bond motifs is 2. The third-order valence-electron chi connectivity index (χ3n) is 4.18. The molecule has 0 saturated heterocycles. The molecule has 2 N–H and O–H groups in total. The maximum atomic E-state index is 12.3. The first-order valence-electron chi connectivity index (χ1n) is 8.00. The van der Waals surface area contributed by atoms with Crippen molar-refractivity contribution in [3.8, 4) is 0 Å². The number of carbonyl (C=O) groups is 1. The summed E-state index contributed by atoms with van der Waals surface area (Å²) in [6, 6.07) is 20.1. The Kier molecular flexibility index (Phi) is 3.93. The molecule has 3 aromatic carbocycles. The van der Waals surface area contributed by atoms with Crippen molar-refractivity contribution in [1.29, 1.82) is 0 Å². The van der Waals surface area contributed by atoms with E-state index < -0.39 is 10.0 Å². The van der Waals surface area contributed by atoms with Gasteiger partial charge in [-0.15, -0.1) is 4.40 Å². The Morgan fingerprint density at radius 2 is 1.65 bits per heavy atom. The number of hydrogen-bond donors (Lipinski definition) is 2. The van der Waals surface area contributed by atoms with E-state index in [4.69, 9.17) is 0 Å². The summed E-state index contributed by atoms with van der Waals surface area (Å²) >= 11 is 0. The molecule has 1 aliphatic rings. The smallest absolute Gasteiger partial charge is 0.281 e. The van der Waals surface area contributed by atoms with E-state index in [2.05, 4.69) is 15.2 Å². The molecule has 1 aliphatic heterocycles. The third-order valence-corrected chi connectivity index (χ3v) is 5.52. The van der Waals surface area contributed by atoms with Gasteiger partial charge in [-0.05, 0) is 28.5 Å². The Morgan fingerprint density at radius 3 is 2.54 bits per heavy atom. The van der Waals surface area contributed by atoms with E-state index in [0.717, 1.165) is 16.3 Å². The average Bonchev–Trinajstić information content (AvgIpc) is 2.91. The topological polar surface area (TPSA) is 87.6 Å². The van der Waals surface area contributed by atoms with Crippen LogP contribution in [0.1, 0.15) is 11.1 Å². The SMILES string of the molecule is O=C(Cc1cccc2ccccc12)NNC1=NS(=O)(=O)c2ccccc21. The molecule has 0 saturated carbocycles. The third kappa shape index (κ3) is 2.93. The number of carbonyl (C=O) groups excluding carboxylic acids is 1. The van der Waals surface area contributed by atoms with E-state index in [1.54, 1.807) is 18.2 Å². The van der Waals surface area contributed by atoms with Crippen molar-refractivity contribution >= 4 is 32.5 Å². The quantitative estimate of drug-likeness (QED) is 0.681. The van der Waals surface area contributed by atoms with Crippen molar-refractivity contribution in [3.05, 3.63) is 77.9 Å². The first-order valence-corrected chi connectivity index (χ1v) is 9.44. The van der Waals surface area contributed by atoms with Crippen molar-refractivity contribution in [2.24, 2.45) is 4.40 Å². The molecule has 0 aromatic heterocycles. The lowest BCUT2D eigenvalue weighted by atomic mass is 10.0. The first-order chi connectivity index (χ1) is 12.5. The predicted octanol–water partition coefficient (Wildman–Crippen LogP) is 2.15. The Hall–Kier alpha value is -3.19. The minimum atomic E-state index is -3.72. The van der Waals surface area contributed by atoms with Crippen LogP contribution in [0.4, 0.5) is 0 Å². The number of rotatable bonds is 2. The van der Waals surface area contributed by atoms with E-state index >= 15 is 0 Å². The summed E-state index contributed by atoms with van der Waals surface area (Å²) in [7, 11) is -3.72. The van der Waals surface area contributed by atoms with Crippen LogP contribution in [-0.4, -0.2) is 20.2 Å². The fourth-order valence-corrected chi connectivity index (χ4v) is 4.16. The van der Waals surface area contributed by atoms with Gasteiger partial charge < -0.3 is 0 Å². The monoisotopic (exact) mass is 365 g/mol. The Balaban J connectivity index is 1.50. The summed E-state index contributed by atoms with van der Waals surface area (Å²) in [5, 5.41) is 2.07. The summed E-state index contributed by atoms with van der Waals surface area (Å²) < 4.78 is 27.7. The van der Waals surface area contributed by atoms with Gasteiger partial charge in [0.05, 0.1) is 6.42 Å². The molecule has 1 amide bonds. The molecule has 0 bridgehead atoms. The molecule has 0 unspecified atom stereocenters. The standard InChI is InChI=1S/C19H15N3O3S/c23-18(12-14-8-5-7-13-6-1-2-9-15(13)14)20-21-19-16-10-3-4-11-17(16)26(24,25)22-19/h1-11H,12H2,(H,20,23)(H,21,22). The van der Waals surface area contributed by atoms with Gasteiger partial charge in [0.25, 0.3) is 10.0 Å². The van der Waals surface area contributed by atoms with Gasteiger partial charge in [-0.2, -0.15) is 8.42 Å². The fraction of sp³-hybridized carbons (Fsp3) is 0.0526. The Morgan fingerprint density at radius 1 is 0.923 bits per heavy atom. The average molecular weight is 365 g/mol. The summed E-state index contributed by atoms with van der Waals surface area (Å²) in [5.74, 6) is -0.169. The molecular formula is C19H15N3O3S. The molecule has 1 heterocycles. The highest BCUT2D eigenvalue weighted by Gasteiger charge is 2.28. The molecular weight excluding hydrogens is 350 g/mol. The highest BCUT2D eigenvalue weighted by molar-refractivity contribution is 7.90. The number of amidine groups is 1. The minimum absolute atomic E-state index is 0.117. The van der Waals surface area contributed by atoms with Gasteiger partial charge in [0.1, 0.15) is 4.90 Å². The lowest BCUT2D eigenvalue weighted by molar-refractivity contribution is -0.120. The molecule has 7 heteroatoms. The van der Waals surface area contributed by atoms with Gasteiger partial charge in [0.2, 0.25) is 5.91 Å². The zero-order chi connectivity index (χ0) is 18.1. The molecule has 4 rings (SSSR count). The Labute approximate surface area is 150 Å². The van der Waals surface area contributed by atoms with Crippen molar-refractivity contribution in [3.63, 3.8) is 0 Å². The number of sulfonamides is 1. The largest absolute Gasteiger partial charge is 0.285 e. The van der Waals surface area contributed by atoms with E-state index in [9.17, 15) is 13.2 Å². The molecule has 0 fully saturated rings. The van der Waals surface area contributed by atoms with Gasteiger partial charge in [0, 0.05) is 5.56 Å². The fourth-order valence-electron chi connectivity index (χ4n) is 2.99. The number of amides is 1. The van der Waals surface area contributed by atoms with Crippen molar-refractivity contribution < 1.29 is 13.2 Å². The molecule has 3 aromatic rings. The summed E-state index contributed by atoms with van der Waals surface area (Å²) in [5.41, 5.74) is 6.50. The second-order valence-electron chi connectivity index (χ2n) is 5.90. The van der Waals surface area contributed by atoms with E-state index in [-0.39, 0.29) is 23.1 Å². The lowest BCUT2D eigenvalue weighted by Crippen LogP contribution is -2.42. The highest BCUT2D eigenvalue weighted by Crippen LogP contribution is 2.24. The van der Waals surface area contributed by atoms with E-state index in [1.165, 1.54) is 6.07 Å². The zero-order valence-electron chi connectivity index (χ0n) is 13.6. The second-order valence-corrected chi connectivity index (χ2v) is 7.47. The molecule has 0 aliphatic carbocycles. The lowest BCUT2D eigenvalue weighted by Gasteiger charge is -2.10. The van der Waals surface area contributed by atoms with Crippen molar-refractivity contribution in [2.45, 2.75) is 11.3 Å². The van der Waals surface area contributed by atoms with Crippen LogP contribution in [0.5, 0.6) is 0 Å². The van der Waals surface area contributed by atoms with Crippen molar-refractivity contribution in [2.75, 3.05) is 0 Å². The second kappa shape index (κ2) is 6.27. The number of hydrazine groups is 1.